The van der Waals surface area contributed by atoms with Crippen molar-refractivity contribution in [3.8, 4) is 0 Å². The Kier molecular flexibility index (Phi) is 11.2. The zero-order valence-electron chi connectivity index (χ0n) is 8.65. The molecule has 0 bridgehead atoms. The van der Waals surface area contributed by atoms with Crippen LogP contribution in [0.3, 0.4) is 0 Å². The number of nitrogens with zero attached hydrogens (tertiary/aromatic N) is 1. The average molecular weight is 197 g/mol. The largest absolute Gasteiger partial charge is 0.303 e. The van der Waals surface area contributed by atoms with Crippen molar-refractivity contribution in [1.29, 1.82) is 0 Å². The van der Waals surface area contributed by atoms with E-state index in [1.54, 1.807) is 6.08 Å². The van der Waals surface area contributed by atoms with Crippen molar-refractivity contribution in [2.75, 3.05) is 0 Å². The first-order valence-corrected chi connectivity index (χ1v) is 5.33. The van der Waals surface area contributed by atoms with Crippen LogP contribution in [-0.2, 0) is 4.79 Å². The van der Waals surface area contributed by atoms with Gasteiger partial charge in [-0.1, -0.05) is 31.8 Å². The van der Waals surface area contributed by atoms with Gasteiger partial charge >= 0.3 is 0 Å². The van der Waals surface area contributed by atoms with Crippen LogP contribution in [0.4, 0.5) is 0 Å². The van der Waals surface area contributed by atoms with Crippen molar-refractivity contribution >= 4 is 6.29 Å². The highest BCUT2D eigenvalue weighted by molar-refractivity contribution is 5.48. The van der Waals surface area contributed by atoms with E-state index in [1.807, 2.05) is 0 Å². The second-order valence-electron chi connectivity index (χ2n) is 3.36. The van der Waals surface area contributed by atoms with Crippen molar-refractivity contribution < 1.29 is 4.79 Å². The molecule has 0 rings (SSSR count). The number of aldehydes is 1. The van der Waals surface area contributed by atoms with Crippen molar-refractivity contribution in [3.63, 3.8) is 0 Å². The summed E-state index contributed by atoms with van der Waals surface area (Å²) in [6.07, 6.45) is 12.7. The fraction of sp³-hybridized carbons (Fsp3) is 0.727. The molecule has 0 saturated carbocycles. The molecular weight excluding hydrogens is 178 g/mol. The average Bonchev–Trinajstić information content (AvgIpc) is 2.21. The number of carbonyl (C=O) groups excluding carboxylic acids is 1. The normalized spacial score (nSPS) is 10.6. The van der Waals surface area contributed by atoms with Gasteiger partial charge in [0.25, 0.3) is 0 Å². The number of hydrogen-bond donors (Lipinski definition) is 0. The number of unbranched alkanes of at least 4 members (excludes halogenated alkanes) is 7. The van der Waals surface area contributed by atoms with Crippen molar-refractivity contribution in [3.05, 3.63) is 17.2 Å². The molecule has 0 aliphatic carbocycles. The lowest BCUT2D eigenvalue weighted by Gasteiger charge is -1.98. The van der Waals surface area contributed by atoms with Gasteiger partial charge in [-0.25, -0.2) is 0 Å². The van der Waals surface area contributed by atoms with Crippen molar-refractivity contribution in [1.82, 2.24) is 0 Å². The molecule has 0 spiro atoms. The van der Waals surface area contributed by atoms with Crippen LogP contribution in [0, 0.1) is 4.91 Å². The fourth-order valence-electron chi connectivity index (χ4n) is 1.31. The second kappa shape index (κ2) is 12.0. The Labute approximate surface area is 85.6 Å². The highest BCUT2D eigenvalue weighted by atomic mass is 16.2. The summed E-state index contributed by atoms with van der Waals surface area (Å²) in [5, 5.41) is 2.64. The number of carbonyl (C=O) groups is 1. The van der Waals surface area contributed by atoms with Gasteiger partial charge in [0.1, 0.15) is 6.29 Å². The van der Waals surface area contributed by atoms with E-state index < -0.39 is 0 Å². The second-order valence-corrected chi connectivity index (χ2v) is 3.36. The summed E-state index contributed by atoms with van der Waals surface area (Å²) in [6, 6.07) is 0. The molecule has 0 N–H and O–H groups in total. The minimum Gasteiger partial charge on any atom is -0.303 e. The zero-order chi connectivity index (χ0) is 10.5. The lowest BCUT2D eigenvalue weighted by atomic mass is 10.1. The number of rotatable bonds is 10. The quantitative estimate of drug-likeness (QED) is 0.305. The summed E-state index contributed by atoms with van der Waals surface area (Å²) in [5.41, 5.74) is 0. The predicted octanol–water partition coefficient (Wildman–Crippen LogP) is 3.59. The summed E-state index contributed by atoms with van der Waals surface area (Å²) in [5.74, 6) is 0. The monoisotopic (exact) mass is 197 g/mol. The van der Waals surface area contributed by atoms with E-state index in [2.05, 4.69) is 5.18 Å². The van der Waals surface area contributed by atoms with E-state index >= 15 is 0 Å². The van der Waals surface area contributed by atoms with E-state index in [-0.39, 0.29) is 0 Å². The molecule has 0 aliphatic rings. The maximum atomic E-state index is 10.00. The molecule has 0 aromatic carbocycles. The van der Waals surface area contributed by atoms with Gasteiger partial charge in [0.2, 0.25) is 0 Å². The summed E-state index contributed by atoms with van der Waals surface area (Å²) in [7, 11) is 0. The summed E-state index contributed by atoms with van der Waals surface area (Å²) >= 11 is 0. The molecule has 0 aromatic heterocycles. The number of hydrogen-bond acceptors (Lipinski definition) is 3. The van der Waals surface area contributed by atoms with Gasteiger partial charge in [-0.15, -0.1) is 4.91 Å². The molecule has 0 unspecified atom stereocenters. The Balaban J connectivity index is 2.95. The van der Waals surface area contributed by atoms with Crippen LogP contribution >= 0.6 is 0 Å². The molecule has 0 atom stereocenters. The Morgan fingerprint density at radius 2 is 1.43 bits per heavy atom. The molecule has 3 heteroatoms. The molecule has 0 aromatic rings. The van der Waals surface area contributed by atoms with Gasteiger partial charge in [-0.3, -0.25) is 0 Å². The van der Waals surface area contributed by atoms with Crippen LogP contribution in [0.15, 0.2) is 17.5 Å². The molecule has 0 radical (unpaired) electrons. The first-order chi connectivity index (χ1) is 6.91. The maximum Gasteiger partial charge on any atom is 0.119 e. The SMILES string of the molecule is O=CCCCCCCCC/C=C/N=O. The molecular formula is C11H19NO2. The summed E-state index contributed by atoms with van der Waals surface area (Å²) < 4.78 is 0. The highest BCUT2D eigenvalue weighted by Gasteiger charge is 1.90. The first kappa shape index (κ1) is 13.0. The van der Waals surface area contributed by atoms with E-state index in [4.69, 9.17) is 0 Å². The lowest BCUT2D eigenvalue weighted by molar-refractivity contribution is -0.107. The van der Waals surface area contributed by atoms with Crippen molar-refractivity contribution in [2.24, 2.45) is 5.18 Å². The van der Waals surface area contributed by atoms with Gasteiger partial charge < -0.3 is 4.79 Å². The van der Waals surface area contributed by atoms with Gasteiger partial charge in [0.15, 0.2) is 0 Å². The predicted molar refractivity (Wildman–Crippen MR) is 57.9 cm³/mol. The molecule has 3 nitrogen and oxygen atoms in total. The van der Waals surface area contributed by atoms with Crippen LogP contribution in [0.1, 0.15) is 51.4 Å². The van der Waals surface area contributed by atoms with Crippen molar-refractivity contribution in [2.45, 2.75) is 51.4 Å². The minimum absolute atomic E-state index is 0.702. The van der Waals surface area contributed by atoms with Crippen LogP contribution in [0.5, 0.6) is 0 Å². The topological polar surface area (TPSA) is 46.5 Å². The Morgan fingerprint density at radius 1 is 0.857 bits per heavy atom. The van der Waals surface area contributed by atoms with Crippen LogP contribution in [-0.4, -0.2) is 6.29 Å². The third-order valence-corrected chi connectivity index (χ3v) is 2.11. The standard InChI is InChI=1S/C11H19NO2/c13-11-9-7-5-3-1-2-4-6-8-10-12-14/h8,10-11H,1-7,9H2/b10-8+. The Bertz CT molecular complexity index is 167. The van der Waals surface area contributed by atoms with Crippen LogP contribution < -0.4 is 0 Å². The third kappa shape index (κ3) is 11.0. The first-order valence-electron chi connectivity index (χ1n) is 5.33. The molecule has 80 valence electrons. The van der Waals surface area contributed by atoms with E-state index in [9.17, 15) is 9.70 Å². The summed E-state index contributed by atoms with van der Waals surface area (Å²) in [4.78, 5) is 19.7. The van der Waals surface area contributed by atoms with E-state index in [0.29, 0.717) is 6.42 Å². The summed E-state index contributed by atoms with van der Waals surface area (Å²) in [6.45, 7) is 0. The molecule has 0 heterocycles. The van der Waals surface area contributed by atoms with Crippen LogP contribution in [0.2, 0.25) is 0 Å². The van der Waals surface area contributed by atoms with Gasteiger partial charge in [0.05, 0.1) is 6.20 Å². The molecule has 14 heavy (non-hydrogen) atoms. The highest BCUT2D eigenvalue weighted by Crippen LogP contribution is 2.08. The zero-order valence-corrected chi connectivity index (χ0v) is 8.65. The molecule has 0 aliphatic heterocycles. The van der Waals surface area contributed by atoms with Gasteiger partial charge in [-0.2, -0.15) is 0 Å². The molecule has 0 amide bonds. The Morgan fingerprint density at radius 3 is 2.00 bits per heavy atom. The number of nitroso groups, excluding NO2 is 1. The maximum absolute atomic E-state index is 10.00. The van der Waals surface area contributed by atoms with E-state index in [0.717, 1.165) is 32.0 Å². The van der Waals surface area contributed by atoms with E-state index in [1.165, 1.54) is 25.5 Å². The number of allylic oxidation sites excluding steroid dienone is 1. The fourth-order valence-corrected chi connectivity index (χ4v) is 1.31. The Hall–Kier alpha value is -0.990. The lowest BCUT2D eigenvalue weighted by Crippen LogP contribution is -1.80. The van der Waals surface area contributed by atoms with Crippen LogP contribution in [0.25, 0.3) is 0 Å². The third-order valence-electron chi connectivity index (χ3n) is 2.11. The van der Waals surface area contributed by atoms with Gasteiger partial charge in [0, 0.05) is 6.42 Å². The van der Waals surface area contributed by atoms with Gasteiger partial charge in [-0.05, 0) is 24.4 Å². The molecule has 0 fully saturated rings. The molecule has 0 saturated heterocycles. The smallest absolute Gasteiger partial charge is 0.119 e. The minimum atomic E-state index is 0.702.